The third-order valence-corrected chi connectivity index (χ3v) is 3.47. The van der Waals surface area contributed by atoms with Gasteiger partial charge in [0.25, 0.3) is 0 Å². The molecule has 0 spiro atoms. The largest absolute Gasteiger partial charge is 0.331 e. The number of nitrogens with zero attached hydrogens (tertiary/aromatic N) is 1. The molecule has 0 saturated carbocycles. The highest BCUT2D eigenvalue weighted by Gasteiger charge is 1.97. The molecule has 0 radical (unpaired) electrons. The van der Waals surface area contributed by atoms with E-state index >= 15 is 0 Å². The fourth-order valence-corrected chi connectivity index (χ4v) is 2.18. The zero-order chi connectivity index (χ0) is 14.4. The van der Waals surface area contributed by atoms with E-state index in [1.807, 2.05) is 55.5 Å². The van der Waals surface area contributed by atoms with Crippen LogP contribution in [-0.4, -0.2) is 11.3 Å². The van der Waals surface area contributed by atoms with Crippen molar-refractivity contribution < 1.29 is 0 Å². The molecule has 5 heteroatoms. The summed E-state index contributed by atoms with van der Waals surface area (Å²) in [6.45, 7) is 2.03. The fourth-order valence-electron chi connectivity index (χ4n) is 1.62. The van der Waals surface area contributed by atoms with Crippen LogP contribution in [0.25, 0.3) is 0 Å². The maximum Gasteiger partial charge on any atom is 0.191 e. The predicted octanol–water partition coefficient (Wildman–Crippen LogP) is 4.08. The lowest BCUT2D eigenvalue weighted by Gasteiger charge is -2.07. The molecule has 102 valence electrons. The molecule has 0 aliphatic carbocycles. The average molecular weight is 348 g/mol. The van der Waals surface area contributed by atoms with Gasteiger partial charge in [-0.25, -0.2) is 0 Å². The van der Waals surface area contributed by atoms with Crippen LogP contribution in [0.3, 0.4) is 0 Å². The van der Waals surface area contributed by atoms with Crippen molar-refractivity contribution in [1.82, 2.24) is 5.43 Å². The molecule has 0 amide bonds. The molecule has 0 aromatic heterocycles. The fraction of sp³-hybridized carbons (Fsp3) is 0.0667. The van der Waals surface area contributed by atoms with Crippen LogP contribution in [0.2, 0.25) is 0 Å². The number of hydrogen-bond donors (Lipinski definition) is 2. The van der Waals surface area contributed by atoms with Crippen LogP contribution in [0.5, 0.6) is 0 Å². The Balaban J connectivity index is 1.91. The monoisotopic (exact) mass is 347 g/mol. The highest BCUT2D eigenvalue weighted by molar-refractivity contribution is 9.10. The molecule has 2 aromatic carbocycles. The van der Waals surface area contributed by atoms with Gasteiger partial charge in [0.05, 0.1) is 6.21 Å². The Kier molecular flexibility index (Phi) is 5.26. The van der Waals surface area contributed by atoms with E-state index in [0.717, 1.165) is 15.7 Å². The highest BCUT2D eigenvalue weighted by Crippen LogP contribution is 2.13. The van der Waals surface area contributed by atoms with Gasteiger partial charge in [0.1, 0.15) is 0 Å². The highest BCUT2D eigenvalue weighted by atomic mass is 79.9. The second-order valence-corrected chi connectivity index (χ2v) is 5.48. The zero-order valence-corrected chi connectivity index (χ0v) is 13.3. The van der Waals surface area contributed by atoms with Crippen molar-refractivity contribution in [3.63, 3.8) is 0 Å². The number of halogens is 1. The molecule has 0 heterocycles. The SMILES string of the molecule is Cc1cccc(NC(=S)N/N=C\c2ccccc2Br)c1. The first-order chi connectivity index (χ1) is 9.65. The number of anilines is 1. The normalized spacial score (nSPS) is 10.5. The Morgan fingerprint density at radius 1 is 1.20 bits per heavy atom. The van der Waals surface area contributed by atoms with E-state index in [1.54, 1.807) is 6.21 Å². The van der Waals surface area contributed by atoms with E-state index in [0.29, 0.717) is 5.11 Å². The molecule has 2 aromatic rings. The molecular formula is C15H14BrN3S. The number of rotatable bonds is 3. The van der Waals surface area contributed by atoms with Crippen molar-refractivity contribution in [2.45, 2.75) is 6.92 Å². The molecule has 0 aliphatic rings. The van der Waals surface area contributed by atoms with Gasteiger partial charge in [-0.2, -0.15) is 5.10 Å². The minimum atomic E-state index is 0.457. The summed E-state index contributed by atoms with van der Waals surface area (Å²) in [6.07, 6.45) is 1.72. The Labute approximate surface area is 132 Å². The summed E-state index contributed by atoms with van der Waals surface area (Å²) in [5.41, 5.74) is 5.90. The molecular weight excluding hydrogens is 334 g/mol. The van der Waals surface area contributed by atoms with Crippen LogP contribution in [0, 0.1) is 6.92 Å². The van der Waals surface area contributed by atoms with E-state index in [2.05, 4.69) is 31.8 Å². The number of aryl methyl sites for hydroxylation is 1. The molecule has 2 rings (SSSR count). The Morgan fingerprint density at radius 3 is 2.75 bits per heavy atom. The third-order valence-electron chi connectivity index (χ3n) is 2.55. The summed E-state index contributed by atoms with van der Waals surface area (Å²) in [5, 5.41) is 7.65. The molecule has 0 atom stereocenters. The number of benzene rings is 2. The van der Waals surface area contributed by atoms with Crippen molar-refractivity contribution >= 4 is 45.2 Å². The second kappa shape index (κ2) is 7.17. The molecule has 3 nitrogen and oxygen atoms in total. The lowest BCUT2D eigenvalue weighted by molar-refractivity contribution is 1.05. The van der Waals surface area contributed by atoms with E-state index in [9.17, 15) is 0 Å². The van der Waals surface area contributed by atoms with Gasteiger partial charge in [0, 0.05) is 15.7 Å². The first kappa shape index (κ1) is 14.7. The van der Waals surface area contributed by atoms with Gasteiger partial charge in [-0.05, 0) is 42.9 Å². The topological polar surface area (TPSA) is 36.4 Å². The van der Waals surface area contributed by atoms with Gasteiger partial charge in [-0.15, -0.1) is 0 Å². The predicted molar refractivity (Wildman–Crippen MR) is 92.3 cm³/mol. The molecule has 20 heavy (non-hydrogen) atoms. The first-order valence-electron chi connectivity index (χ1n) is 6.06. The van der Waals surface area contributed by atoms with Gasteiger partial charge in [0.15, 0.2) is 5.11 Å². The lowest BCUT2D eigenvalue weighted by Crippen LogP contribution is -2.23. The van der Waals surface area contributed by atoms with E-state index in [1.165, 1.54) is 5.56 Å². The lowest BCUT2D eigenvalue weighted by atomic mass is 10.2. The maximum atomic E-state index is 5.18. The van der Waals surface area contributed by atoms with E-state index in [-0.39, 0.29) is 0 Å². The van der Waals surface area contributed by atoms with Crippen molar-refractivity contribution in [2.24, 2.45) is 5.10 Å². The standard InChI is InChI=1S/C15H14BrN3S/c1-11-5-4-7-13(9-11)18-15(20)19-17-10-12-6-2-3-8-14(12)16/h2-10H,1H3,(H2,18,19,20)/b17-10-. The van der Waals surface area contributed by atoms with Crippen molar-refractivity contribution in [3.8, 4) is 0 Å². The summed E-state index contributed by atoms with van der Waals surface area (Å²) in [7, 11) is 0. The Morgan fingerprint density at radius 2 is 2.00 bits per heavy atom. The molecule has 0 fully saturated rings. The Hall–Kier alpha value is -1.72. The number of nitrogens with one attached hydrogen (secondary N) is 2. The second-order valence-electron chi connectivity index (χ2n) is 4.22. The summed E-state index contributed by atoms with van der Waals surface area (Å²) in [4.78, 5) is 0. The van der Waals surface area contributed by atoms with Crippen molar-refractivity contribution in [3.05, 3.63) is 64.1 Å². The molecule has 0 unspecified atom stereocenters. The van der Waals surface area contributed by atoms with Crippen LogP contribution in [0.4, 0.5) is 5.69 Å². The van der Waals surface area contributed by atoms with Gasteiger partial charge in [0.2, 0.25) is 0 Å². The Bertz CT molecular complexity index is 641. The van der Waals surface area contributed by atoms with Crippen LogP contribution in [-0.2, 0) is 0 Å². The summed E-state index contributed by atoms with van der Waals surface area (Å²) >= 11 is 8.64. The van der Waals surface area contributed by atoms with Crippen LogP contribution >= 0.6 is 28.1 Å². The average Bonchev–Trinajstić information content (AvgIpc) is 2.41. The third kappa shape index (κ3) is 4.43. The van der Waals surface area contributed by atoms with Crippen LogP contribution < -0.4 is 10.7 Å². The van der Waals surface area contributed by atoms with Crippen molar-refractivity contribution in [1.29, 1.82) is 0 Å². The quantitative estimate of drug-likeness (QED) is 0.499. The van der Waals surface area contributed by atoms with Gasteiger partial charge >= 0.3 is 0 Å². The summed E-state index contributed by atoms with van der Waals surface area (Å²) < 4.78 is 0.989. The summed E-state index contributed by atoms with van der Waals surface area (Å²) in [5.74, 6) is 0. The maximum absolute atomic E-state index is 5.18. The van der Waals surface area contributed by atoms with Crippen LogP contribution in [0.1, 0.15) is 11.1 Å². The van der Waals surface area contributed by atoms with Gasteiger partial charge in [-0.1, -0.05) is 46.3 Å². The summed E-state index contributed by atoms with van der Waals surface area (Å²) in [6, 6.07) is 15.8. The zero-order valence-electron chi connectivity index (χ0n) is 10.9. The molecule has 2 N–H and O–H groups in total. The number of thiocarbonyl (C=S) groups is 1. The van der Waals surface area contributed by atoms with Gasteiger partial charge in [-0.3, -0.25) is 5.43 Å². The molecule has 0 saturated heterocycles. The van der Waals surface area contributed by atoms with Crippen molar-refractivity contribution in [2.75, 3.05) is 5.32 Å². The molecule has 0 aliphatic heterocycles. The first-order valence-corrected chi connectivity index (χ1v) is 7.26. The van der Waals surface area contributed by atoms with E-state index in [4.69, 9.17) is 12.2 Å². The molecule has 0 bridgehead atoms. The number of hydrazone groups is 1. The van der Waals surface area contributed by atoms with Gasteiger partial charge < -0.3 is 5.32 Å². The number of hydrogen-bond acceptors (Lipinski definition) is 2. The van der Waals surface area contributed by atoms with Crippen LogP contribution in [0.15, 0.2) is 58.1 Å². The van der Waals surface area contributed by atoms with E-state index < -0.39 is 0 Å². The minimum absolute atomic E-state index is 0.457. The smallest absolute Gasteiger partial charge is 0.191 e. The minimum Gasteiger partial charge on any atom is -0.331 e.